The predicted molar refractivity (Wildman–Crippen MR) is 82.3 cm³/mol. The van der Waals surface area contributed by atoms with E-state index in [1.54, 1.807) is 18.3 Å². The number of halogens is 2. The summed E-state index contributed by atoms with van der Waals surface area (Å²) in [6.45, 7) is 0. The maximum atomic E-state index is 13.3. The number of benzene rings is 2. The number of hydrogen-bond donors (Lipinski definition) is 2. The first kappa shape index (κ1) is 13.9. The van der Waals surface area contributed by atoms with Crippen LogP contribution >= 0.6 is 11.6 Å². The summed E-state index contributed by atoms with van der Waals surface area (Å²) < 4.78 is 13.3. The number of nitrogens with two attached hydrogens (primary N) is 1. The molecule has 3 rings (SSSR count). The van der Waals surface area contributed by atoms with Gasteiger partial charge >= 0.3 is 0 Å². The largest absolute Gasteiger partial charge is 0.271 e. The molecule has 0 amide bonds. The van der Waals surface area contributed by atoms with E-state index in [1.807, 2.05) is 30.3 Å². The SMILES string of the molecule is NNC(c1ccc(F)c(Cl)c1)c1ccc2cccnc2c1. The fourth-order valence-electron chi connectivity index (χ4n) is 2.34. The fourth-order valence-corrected chi connectivity index (χ4v) is 2.53. The molecule has 0 bridgehead atoms. The van der Waals surface area contributed by atoms with Gasteiger partial charge in [0.2, 0.25) is 0 Å². The predicted octanol–water partition coefficient (Wildman–Crippen LogP) is 3.58. The summed E-state index contributed by atoms with van der Waals surface area (Å²) >= 11 is 5.84. The van der Waals surface area contributed by atoms with Crippen LogP contribution in [0.15, 0.2) is 54.7 Å². The van der Waals surface area contributed by atoms with Crippen molar-refractivity contribution in [3.8, 4) is 0 Å². The lowest BCUT2D eigenvalue weighted by molar-refractivity contribution is 0.616. The number of hydrazine groups is 1. The fraction of sp³-hybridized carbons (Fsp3) is 0.0625. The van der Waals surface area contributed by atoms with Crippen molar-refractivity contribution in [3.63, 3.8) is 0 Å². The minimum absolute atomic E-state index is 0.0756. The molecule has 3 aromatic rings. The monoisotopic (exact) mass is 301 g/mol. The van der Waals surface area contributed by atoms with Crippen molar-refractivity contribution in [1.82, 2.24) is 10.4 Å². The van der Waals surface area contributed by atoms with Gasteiger partial charge in [0.1, 0.15) is 5.82 Å². The summed E-state index contributed by atoms with van der Waals surface area (Å²) in [5, 5.41) is 1.13. The van der Waals surface area contributed by atoms with Crippen molar-refractivity contribution in [3.05, 3.63) is 76.7 Å². The number of nitrogens with zero attached hydrogens (tertiary/aromatic N) is 1. The normalized spacial score (nSPS) is 12.5. The molecule has 0 fully saturated rings. The lowest BCUT2D eigenvalue weighted by atomic mass is 9.98. The molecule has 1 heterocycles. The summed E-state index contributed by atoms with van der Waals surface area (Å²) in [5.74, 6) is 5.21. The number of pyridine rings is 1. The average molecular weight is 302 g/mol. The van der Waals surface area contributed by atoms with E-state index in [9.17, 15) is 4.39 Å². The second-order valence-electron chi connectivity index (χ2n) is 4.73. The Kier molecular flexibility index (Phi) is 3.84. The van der Waals surface area contributed by atoms with Gasteiger partial charge in [0.25, 0.3) is 0 Å². The molecule has 5 heteroatoms. The van der Waals surface area contributed by atoms with Crippen molar-refractivity contribution in [2.24, 2.45) is 5.84 Å². The highest BCUT2D eigenvalue weighted by molar-refractivity contribution is 6.30. The zero-order valence-corrected chi connectivity index (χ0v) is 11.8. The second kappa shape index (κ2) is 5.77. The van der Waals surface area contributed by atoms with Crippen LogP contribution in [0.4, 0.5) is 4.39 Å². The second-order valence-corrected chi connectivity index (χ2v) is 5.14. The summed E-state index contributed by atoms with van der Waals surface area (Å²) in [4.78, 5) is 4.33. The van der Waals surface area contributed by atoms with Crippen LogP contribution in [0.25, 0.3) is 10.9 Å². The Morgan fingerprint density at radius 3 is 2.62 bits per heavy atom. The van der Waals surface area contributed by atoms with E-state index in [1.165, 1.54) is 6.07 Å². The molecule has 0 radical (unpaired) electrons. The Labute approximate surface area is 126 Å². The number of nitrogens with one attached hydrogen (secondary N) is 1. The Morgan fingerprint density at radius 2 is 1.86 bits per heavy atom. The standard InChI is InChI=1S/C16H13ClFN3/c17-13-8-11(5-6-14(13)18)16(21-19)12-4-3-10-2-1-7-20-15(10)9-12/h1-9,16,21H,19H2. The Bertz CT molecular complexity index is 791. The van der Waals surface area contributed by atoms with Crippen LogP contribution < -0.4 is 11.3 Å². The average Bonchev–Trinajstić information content (AvgIpc) is 2.51. The minimum atomic E-state index is -0.448. The molecule has 3 nitrogen and oxygen atoms in total. The highest BCUT2D eigenvalue weighted by atomic mass is 35.5. The molecule has 0 saturated heterocycles. The van der Waals surface area contributed by atoms with Gasteiger partial charge in [-0.15, -0.1) is 0 Å². The van der Waals surface area contributed by atoms with Crippen molar-refractivity contribution in [1.29, 1.82) is 0 Å². The number of fused-ring (bicyclic) bond motifs is 1. The van der Waals surface area contributed by atoms with Crippen molar-refractivity contribution in [2.45, 2.75) is 6.04 Å². The highest BCUT2D eigenvalue weighted by Gasteiger charge is 2.14. The van der Waals surface area contributed by atoms with Crippen LogP contribution in [-0.4, -0.2) is 4.98 Å². The molecule has 2 aromatic carbocycles. The van der Waals surface area contributed by atoms with Crippen LogP contribution in [0, 0.1) is 5.82 Å². The molecule has 21 heavy (non-hydrogen) atoms. The summed E-state index contributed by atoms with van der Waals surface area (Å²) in [5.41, 5.74) is 5.34. The zero-order valence-electron chi connectivity index (χ0n) is 11.1. The molecule has 0 spiro atoms. The lowest BCUT2D eigenvalue weighted by Crippen LogP contribution is -2.28. The first-order valence-electron chi connectivity index (χ1n) is 6.45. The first-order chi connectivity index (χ1) is 10.2. The van der Waals surface area contributed by atoms with Crippen LogP contribution in [0.2, 0.25) is 5.02 Å². The van der Waals surface area contributed by atoms with Crippen molar-refractivity contribution < 1.29 is 4.39 Å². The molecule has 0 aliphatic heterocycles. The van der Waals surface area contributed by atoms with E-state index in [0.717, 1.165) is 22.0 Å². The third kappa shape index (κ3) is 2.74. The van der Waals surface area contributed by atoms with Gasteiger partial charge in [0, 0.05) is 11.6 Å². The highest BCUT2D eigenvalue weighted by Crippen LogP contribution is 2.27. The van der Waals surface area contributed by atoms with Gasteiger partial charge in [0.05, 0.1) is 16.6 Å². The van der Waals surface area contributed by atoms with Crippen LogP contribution in [-0.2, 0) is 0 Å². The molecule has 106 valence electrons. The minimum Gasteiger partial charge on any atom is -0.271 e. The number of rotatable bonds is 3. The third-order valence-corrected chi connectivity index (χ3v) is 3.70. The summed E-state index contributed by atoms with van der Waals surface area (Å²) in [6.07, 6.45) is 1.74. The molecule has 3 N–H and O–H groups in total. The Balaban J connectivity index is 2.06. The van der Waals surface area contributed by atoms with E-state index in [2.05, 4.69) is 10.4 Å². The van der Waals surface area contributed by atoms with Gasteiger partial charge in [-0.2, -0.15) is 0 Å². The molecule has 0 aliphatic carbocycles. The number of hydrogen-bond acceptors (Lipinski definition) is 3. The molecule has 0 aliphatic rings. The van der Waals surface area contributed by atoms with Crippen molar-refractivity contribution in [2.75, 3.05) is 0 Å². The zero-order chi connectivity index (χ0) is 14.8. The van der Waals surface area contributed by atoms with E-state index < -0.39 is 5.82 Å². The quantitative estimate of drug-likeness (QED) is 0.574. The Hall–Kier alpha value is -2.01. The smallest absolute Gasteiger partial charge is 0.141 e. The first-order valence-corrected chi connectivity index (χ1v) is 6.82. The molecule has 1 aromatic heterocycles. The molecule has 1 atom stereocenters. The molecule has 0 saturated carbocycles. The van der Waals surface area contributed by atoms with Gasteiger partial charge in [-0.1, -0.05) is 35.9 Å². The van der Waals surface area contributed by atoms with Gasteiger partial charge < -0.3 is 0 Å². The summed E-state index contributed by atoms with van der Waals surface area (Å²) in [7, 11) is 0. The summed E-state index contributed by atoms with van der Waals surface area (Å²) in [6, 6.07) is 14.1. The van der Waals surface area contributed by atoms with E-state index >= 15 is 0 Å². The van der Waals surface area contributed by atoms with E-state index in [4.69, 9.17) is 17.4 Å². The van der Waals surface area contributed by atoms with Gasteiger partial charge in [-0.05, 0) is 35.4 Å². The number of aromatic nitrogens is 1. The van der Waals surface area contributed by atoms with E-state index in [0.29, 0.717) is 0 Å². The van der Waals surface area contributed by atoms with E-state index in [-0.39, 0.29) is 11.1 Å². The maximum Gasteiger partial charge on any atom is 0.141 e. The molecular formula is C16H13ClFN3. The van der Waals surface area contributed by atoms with Crippen molar-refractivity contribution >= 4 is 22.5 Å². The third-order valence-electron chi connectivity index (χ3n) is 3.41. The topological polar surface area (TPSA) is 50.9 Å². The Morgan fingerprint density at radius 1 is 1.10 bits per heavy atom. The van der Waals surface area contributed by atoms with Crippen LogP contribution in [0.1, 0.15) is 17.2 Å². The molecule has 1 unspecified atom stereocenters. The van der Waals surface area contributed by atoms with Gasteiger partial charge in [-0.3, -0.25) is 10.8 Å². The lowest BCUT2D eigenvalue weighted by Gasteiger charge is -2.17. The van der Waals surface area contributed by atoms with Gasteiger partial charge in [0.15, 0.2) is 0 Å². The molecular weight excluding hydrogens is 289 g/mol. The van der Waals surface area contributed by atoms with Gasteiger partial charge in [-0.25, -0.2) is 9.82 Å². The van der Waals surface area contributed by atoms with Crippen LogP contribution in [0.3, 0.4) is 0 Å². The van der Waals surface area contributed by atoms with Crippen LogP contribution in [0.5, 0.6) is 0 Å². The maximum absolute atomic E-state index is 13.3.